The van der Waals surface area contributed by atoms with Crippen LogP contribution in [-0.2, 0) is 4.74 Å². The minimum absolute atomic E-state index is 0.0533. The summed E-state index contributed by atoms with van der Waals surface area (Å²) in [6.45, 7) is 2.60. The Morgan fingerprint density at radius 3 is 2.20 bits per heavy atom. The summed E-state index contributed by atoms with van der Waals surface area (Å²) in [5, 5.41) is 22.7. The third-order valence-corrected chi connectivity index (χ3v) is 8.26. The van der Waals surface area contributed by atoms with Crippen molar-refractivity contribution in [2.45, 2.75) is 103 Å². The van der Waals surface area contributed by atoms with Gasteiger partial charge >= 0.3 is 5.97 Å². The Labute approximate surface area is 267 Å². The van der Waals surface area contributed by atoms with E-state index in [0.717, 1.165) is 30.4 Å². The van der Waals surface area contributed by atoms with E-state index in [1.54, 1.807) is 42.5 Å². The zero-order valence-corrected chi connectivity index (χ0v) is 26.7. The molecule has 2 aliphatic rings. The van der Waals surface area contributed by atoms with Crippen LogP contribution in [0, 0.1) is 0 Å². The molecular formula is C37H45NO5S. The van der Waals surface area contributed by atoms with Crippen molar-refractivity contribution in [3.05, 3.63) is 82.6 Å². The number of allylic oxidation sites excluding steroid dienone is 1. The highest BCUT2D eigenvalue weighted by molar-refractivity contribution is 7.78. The number of carbonyl (C=O) groups is 1. The second-order valence-corrected chi connectivity index (χ2v) is 11.8. The number of rotatable bonds is 18. The molecule has 0 fully saturated rings. The van der Waals surface area contributed by atoms with Crippen molar-refractivity contribution in [1.29, 1.82) is 0 Å². The molecule has 44 heavy (non-hydrogen) atoms. The Balaban J connectivity index is 1.35. The SMILES string of the molecule is CCCCCCCCCCCCCCCCOC(=O)c1cc(N=C=S)ccc1C1=C2C=CC(O)C=C2Oc2cc(O)ccc21. The zero-order chi connectivity index (χ0) is 31.1. The van der Waals surface area contributed by atoms with Crippen molar-refractivity contribution >= 4 is 34.6 Å². The molecule has 234 valence electrons. The second-order valence-electron chi connectivity index (χ2n) is 11.6. The number of carbonyl (C=O) groups excluding carboxylic acids is 1. The van der Waals surface area contributed by atoms with Gasteiger partial charge in [-0.25, -0.2) is 4.79 Å². The summed E-state index contributed by atoms with van der Waals surface area (Å²) in [4.78, 5) is 17.6. The zero-order valence-electron chi connectivity index (χ0n) is 25.9. The molecule has 1 aliphatic carbocycles. The highest BCUT2D eigenvalue weighted by atomic mass is 32.1. The molecule has 1 unspecified atom stereocenters. The molecule has 2 aromatic rings. The van der Waals surface area contributed by atoms with Crippen LogP contribution < -0.4 is 4.74 Å². The van der Waals surface area contributed by atoms with Gasteiger partial charge in [0.05, 0.1) is 29.1 Å². The number of isothiocyanates is 1. The van der Waals surface area contributed by atoms with Gasteiger partial charge < -0.3 is 19.7 Å². The molecule has 7 heteroatoms. The van der Waals surface area contributed by atoms with Gasteiger partial charge in [0.25, 0.3) is 0 Å². The fraction of sp³-hybridized carbons (Fsp3) is 0.459. The highest BCUT2D eigenvalue weighted by Gasteiger charge is 2.30. The van der Waals surface area contributed by atoms with E-state index in [9.17, 15) is 15.0 Å². The summed E-state index contributed by atoms with van der Waals surface area (Å²) in [6.07, 6.45) is 21.9. The predicted molar refractivity (Wildman–Crippen MR) is 180 cm³/mol. The monoisotopic (exact) mass is 615 g/mol. The van der Waals surface area contributed by atoms with Crippen LogP contribution in [0.3, 0.4) is 0 Å². The van der Waals surface area contributed by atoms with Crippen molar-refractivity contribution in [3.8, 4) is 11.5 Å². The molecule has 4 rings (SSSR count). The molecule has 0 radical (unpaired) electrons. The van der Waals surface area contributed by atoms with E-state index in [2.05, 4.69) is 17.1 Å². The van der Waals surface area contributed by atoms with Crippen molar-refractivity contribution in [1.82, 2.24) is 0 Å². The first kappa shape index (κ1) is 33.4. The lowest BCUT2D eigenvalue weighted by Crippen LogP contribution is -2.17. The molecule has 1 atom stereocenters. The van der Waals surface area contributed by atoms with E-state index in [1.807, 2.05) is 6.07 Å². The second kappa shape index (κ2) is 17.7. The number of unbranched alkanes of at least 4 members (excludes halogenated alkanes) is 13. The molecule has 6 nitrogen and oxygen atoms in total. The molecular weight excluding hydrogens is 570 g/mol. The molecule has 0 saturated heterocycles. The molecule has 0 amide bonds. The number of hydrogen-bond acceptors (Lipinski definition) is 7. The largest absolute Gasteiger partial charge is 0.508 e. The number of phenols is 1. The first-order valence-electron chi connectivity index (χ1n) is 16.2. The molecule has 2 N–H and O–H groups in total. The number of aliphatic hydroxyl groups is 1. The molecule has 1 aliphatic heterocycles. The molecule has 0 bridgehead atoms. The first-order chi connectivity index (χ1) is 21.5. The number of aliphatic hydroxyl groups excluding tert-OH is 1. The maximum Gasteiger partial charge on any atom is 0.338 e. The normalized spacial score (nSPS) is 15.1. The first-order valence-corrected chi connectivity index (χ1v) is 16.7. The molecule has 0 spiro atoms. The van der Waals surface area contributed by atoms with Crippen LogP contribution in [0.25, 0.3) is 5.57 Å². The van der Waals surface area contributed by atoms with Crippen LogP contribution in [0.15, 0.2) is 71.0 Å². The van der Waals surface area contributed by atoms with Crippen molar-refractivity contribution in [2.24, 2.45) is 4.99 Å². The van der Waals surface area contributed by atoms with Gasteiger partial charge in [0, 0.05) is 22.8 Å². The van der Waals surface area contributed by atoms with Crippen molar-refractivity contribution in [3.63, 3.8) is 0 Å². The molecule has 0 saturated carbocycles. The van der Waals surface area contributed by atoms with E-state index in [4.69, 9.17) is 21.7 Å². The van der Waals surface area contributed by atoms with Gasteiger partial charge in [0.15, 0.2) is 0 Å². The number of aliphatic imine (C=N–C) groups is 1. The minimum Gasteiger partial charge on any atom is -0.508 e. The van der Waals surface area contributed by atoms with E-state index in [0.29, 0.717) is 40.5 Å². The Morgan fingerprint density at radius 2 is 1.55 bits per heavy atom. The smallest absolute Gasteiger partial charge is 0.338 e. The van der Waals surface area contributed by atoms with Gasteiger partial charge in [0.2, 0.25) is 0 Å². The average molecular weight is 616 g/mol. The molecule has 0 aromatic heterocycles. The van der Waals surface area contributed by atoms with Crippen LogP contribution in [0.1, 0.15) is 118 Å². The van der Waals surface area contributed by atoms with Crippen LogP contribution >= 0.6 is 12.2 Å². The number of thiocarbonyl (C=S) groups is 1. The Bertz CT molecular complexity index is 1420. The summed E-state index contributed by atoms with van der Waals surface area (Å²) in [5.74, 6) is 0.495. The van der Waals surface area contributed by atoms with Crippen LogP contribution in [0.5, 0.6) is 11.5 Å². The number of esters is 1. The number of nitrogens with zero attached hydrogens (tertiary/aromatic N) is 1. The number of phenolic OH excluding ortho intramolecular Hbond substituents is 1. The Morgan fingerprint density at radius 1 is 0.909 bits per heavy atom. The lowest BCUT2D eigenvalue weighted by Gasteiger charge is -2.28. The number of hydrogen-bond donors (Lipinski definition) is 2. The third kappa shape index (κ3) is 9.49. The van der Waals surface area contributed by atoms with Crippen molar-refractivity contribution < 1.29 is 24.5 Å². The summed E-state index contributed by atoms with van der Waals surface area (Å²) >= 11 is 4.80. The number of aromatic hydroxyl groups is 1. The van der Waals surface area contributed by atoms with Crippen molar-refractivity contribution in [2.75, 3.05) is 6.61 Å². The number of benzene rings is 2. The van der Waals surface area contributed by atoms with E-state index < -0.39 is 12.1 Å². The number of ether oxygens (including phenoxy) is 2. The quantitative estimate of drug-likeness (QED) is 0.0751. The van der Waals surface area contributed by atoms with E-state index in [-0.39, 0.29) is 5.75 Å². The Hall–Kier alpha value is -3.51. The van der Waals surface area contributed by atoms with Gasteiger partial charge in [-0.05, 0) is 54.5 Å². The predicted octanol–water partition coefficient (Wildman–Crippen LogP) is 9.77. The molecule has 1 heterocycles. The highest BCUT2D eigenvalue weighted by Crippen LogP contribution is 2.45. The summed E-state index contributed by atoms with van der Waals surface area (Å²) in [7, 11) is 0. The molecule has 2 aromatic carbocycles. The van der Waals surface area contributed by atoms with Gasteiger partial charge in [0.1, 0.15) is 17.3 Å². The fourth-order valence-electron chi connectivity index (χ4n) is 5.81. The third-order valence-electron chi connectivity index (χ3n) is 8.17. The standard InChI is InChI=1S/C37H45NO5S/c1-2-3-4-5-6-7-8-9-10-11-12-13-14-15-22-42-37(41)33-23-27(38-26-44)16-19-30(33)36-31-20-17-28(39)24-34(31)43-35-25-29(40)18-21-32(35)36/h16-21,23-25,28,39-40H,2-15,22H2,1H3. The van der Waals surface area contributed by atoms with Crippen LogP contribution in [0.2, 0.25) is 0 Å². The van der Waals surface area contributed by atoms with E-state index in [1.165, 1.54) is 76.7 Å². The average Bonchev–Trinajstić information content (AvgIpc) is 3.01. The summed E-state index contributed by atoms with van der Waals surface area (Å²) < 4.78 is 11.8. The van der Waals surface area contributed by atoms with Crippen LogP contribution in [0.4, 0.5) is 5.69 Å². The topological polar surface area (TPSA) is 88.4 Å². The summed E-state index contributed by atoms with van der Waals surface area (Å²) in [6, 6.07) is 10.1. The lowest BCUT2D eigenvalue weighted by atomic mass is 9.85. The number of fused-ring (bicyclic) bond motifs is 2. The fourth-order valence-corrected chi connectivity index (χ4v) is 5.91. The van der Waals surface area contributed by atoms with Gasteiger partial charge in [-0.15, -0.1) is 0 Å². The Kier molecular flexibility index (Phi) is 13.4. The van der Waals surface area contributed by atoms with Gasteiger partial charge in [-0.1, -0.05) is 109 Å². The minimum atomic E-state index is -0.803. The lowest BCUT2D eigenvalue weighted by molar-refractivity contribution is 0.0497. The van der Waals surface area contributed by atoms with Gasteiger partial charge in [-0.2, -0.15) is 4.99 Å². The van der Waals surface area contributed by atoms with Gasteiger partial charge in [-0.3, -0.25) is 0 Å². The maximum absolute atomic E-state index is 13.5. The van der Waals surface area contributed by atoms with E-state index >= 15 is 0 Å². The van der Waals surface area contributed by atoms with Crippen LogP contribution in [-0.4, -0.2) is 34.1 Å². The summed E-state index contributed by atoms with van der Waals surface area (Å²) in [5.41, 5.74) is 3.66. The maximum atomic E-state index is 13.5.